The number of hydrogen-bond donors (Lipinski definition) is 2. The number of nitrogens with two attached hydrogens (primary N) is 1. The number of nitrogens with zero attached hydrogens (tertiary/aromatic N) is 3. The highest BCUT2D eigenvalue weighted by Crippen LogP contribution is 2.04. The molecule has 7 nitrogen and oxygen atoms in total. The first-order chi connectivity index (χ1) is 9.67. The number of hydrogen-bond acceptors (Lipinski definition) is 5. The van der Waals surface area contributed by atoms with Gasteiger partial charge in [0.25, 0.3) is 5.56 Å². The Kier molecular flexibility index (Phi) is 4.31. The average molecular weight is 275 g/mol. The lowest BCUT2D eigenvalue weighted by atomic mass is 10.2. The molecule has 0 unspecified atom stereocenters. The van der Waals surface area contributed by atoms with E-state index in [0.29, 0.717) is 25.3 Å². The molecule has 0 radical (unpaired) electrons. The highest BCUT2D eigenvalue weighted by molar-refractivity contribution is 5.33. The molecule has 0 saturated heterocycles. The highest BCUT2D eigenvalue weighted by atomic mass is 16.2. The van der Waals surface area contributed by atoms with E-state index in [1.807, 2.05) is 19.1 Å². The lowest BCUT2D eigenvalue weighted by molar-refractivity contribution is 0.568. The largest absolute Gasteiger partial charge is 0.332 e. The Bertz CT molecular complexity index is 690. The van der Waals surface area contributed by atoms with Gasteiger partial charge in [-0.25, -0.2) is 10.6 Å². The van der Waals surface area contributed by atoms with E-state index in [9.17, 15) is 9.59 Å². The van der Waals surface area contributed by atoms with Crippen molar-refractivity contribution >= 4 is 5.82 Å². The van der Waals surface area contributed by atoms with E-state index in [-0.39, 0.29) is 11.2 Å². The third-order valence-corrected chi connectivity index (χ3v) is 2.96. The summed E-state index contributed by atoms with van der Waals surface area (Å²) in [5.74, 6) is 5.69. The lowest BCUT2D eigenvalue weighted by Crippen LogP contribution is -2.41. The van der Waals surface area contributed by atoms with E-state index < -0.39 is 0 Å². The van der Waals surface area contributed by atoms with Crippen molar-refractivity contribution in [3.63, 3.8) is 0 Å². The molecule has 0 bridgehead atoms. The summed E-state index contributed by atoms with van der Waals surface area (Å²) in [5.41, 5.74) is 2.58. The number of anilines is 1. The van der Waals surface area contributed by atoms with Crippen molar-refractivity contribution in [2.24, 2.45) is 5.84 Å². The zero-order chi connectivity index (χ0) is 14.5. The summed E-state index contributed by atoms with van der Waals surface area (Å²) in [6.45, 7) is 2.62. The first-order valence-electron chi connectivity index (χ1n) is 6.37. The quantitative estimate of drug-likeness (QED) is 0.598. The Morgan fingerprint density at radius 2 is 1.95 bits per heavy atom. The molecular weight excluding hydrogens is 258 g/mol. The number of aromatic nitrogens is 3. The summed E-state index contributed by atoms with van der Waals surface area (Å²) in [6.07, 6.45) is 4.01. The van der Waals surface area contributed by atoms with Crippen LogP contribution in [0.3, 0.4) is 0 Å². The van der Waals surface area contributed by atoms with Crippen LogP contribution in [-0.4, -0.2) is 14.1 Å². The molecule has 0 aliphatic heterocycles. The van der Waals surface area contributed by atoms with Crippen LogP contribution in [0, 0.1) is 0 Å². The van der Waals surface area contributed by atoms with Gasteiger partial charge < -0.3 is 5.43 Å². The van der Waals surface area contributed by atoms with Crippen LogP contribution in [0.5, 0.6) is 0 Å². The summed E-state index contributed by atoms with van der Waals surface area (Å²) in [7, 11) is 0. The van der Waals surface area contributed by atoms with Gasteiger partial charge in [-0.3, -0.25) is 18.9 Å². The second-order valence-corrected chi connectivity index (χ2v) is 4.39. The molecule has 0 amide bonds. The van der Waals surface area contributed by atoms with Crippen molar-refractivity contribution in [2.45, 2.75) is 26.4 Å². The molecule has 20 heavy (non-hydrogen) atoms. The maximum atomic E-state index is 12.4. The van der Waals surface area contributed by atoms with E-state index in [2.05, 4.69) is 10.4 Å². The smallest absolute Gasteiger partial charge is 0.310 e. The van der Waals surface area contributed by atoms with Gasteiger partial charge in [-0.15, -0.1) is 0 Å². The average Bonchev–Trinajstić information content (AvgIpc) is 2.47. The van der Waals surface area contributed by atoms with Crippen molar-refractivity contribution in [1.82, 2.24) is 14.1 Å². The normalized spacial score (nSPS) is 10.5. The van der Waals surface area contributed by atoms with Crippen LogP contribution in [0.15, 0.2) is 40.2 Å². The van der Waals surface area contributed by atoms with Gasteiger partial charge in [0.15, 0.2) is 0 Å². The molecule has 0 aromatic carbocycles. The fraction of sp³-hybridized carbons (Fsp3) is 0.308. The van der Waals surface area contributed by atoms with E-state index in [1.165, 1.54) is 15.2 Å². The van der Waals surface area contributed by atoms with Crippen LogP contribution in [0.25, 0.3) is 0 Å². The molecule has 2 aromatic rings. The Labute approximate surface area is 115 Å². The van der Waals surface area contributed by atoms with E-state index in [4.69, 9.17) is 5.84 Å². The number of nitrogens with one attached hydrogen (secondary N) is 1. The summed E-state index contributed by atoms with van der Waals surface area (Å²) in [5, 5.41) is 0. The van der Waals surface area contributed by atoms with Crippen LogP contribution >= 0.6 is 0 Å². The Morgan fingerprint density at radius 3 is 2.55 bits per heavy atom. The SMILES string of the molecule is CCCn1c(=O)cc(NN)n(Cc2ccncc2)c1=O. The predicted octanol–water partition coefficient (Wildman–Crippen LogP) is 0.149. The third kappa shape index (κ3) is 2.77. The highest BCUT2D eigenvalue weighted by Gasteiger charge is 2.10. The third-order valence-electron chi connectivity index (χ3n) is 2.96. The first kappa shape index (κ1) is 14.0. The monoisotopic (exact) mass is 275 g/mol. The fourth-order valence-electron chi connectivity index (χ4n) is 1.99. The van der Waals surface area contributed by atoms with Crippen molar-refractivity contribution in [3.05, 3.63) is 57.0 Å². The summed E-state index contributed by atoms with van der Waals surface area (Å²) >= 11 is 0. The zero-order valence-electron chi connectivity index (χ0n) is 11.2. The van der Waals surface area contributed by atoms with Crippen molar-refractivity contribution in [3.8, 4) is 0 Å². The van der Waals surface area contributed by atoms with Crippen molar-refractivity contribution in [2.75, 3.05) is 5.43 Å². The van der Waals surface area contributed by atoms with Gasteiger partial charge >= 0.3 is 5.69 Å². The molecule has 2 aromatic heterocycles. The Morgan fingerprint density at radius 1 is 1.25 bits per heavy atom. The number of pyridine rings is 1. The molecule has 0 spiro atoms. The topological polar surface area (TPSA) is 94.9 Å². The Balaban J connectivity index is 2.53. The minimum absolute atomic E-state index is 0.296. The van der Waals surface area contributed by atoms with E-state index in [0.717, 1.165) is 5.56 Å². The van der Waals surface area contributed by atoms with Crippen LogP contribution in [0.4, 0.5) is 5.82 Å². The molecule has 0 fully saturated rings. The van der Waals surface area contributed by atoms with Crippen LogP contribution in [-0.2, 0) is 13.1 Å². The maximum absolute atomic E-state index is 12.4. The number of nitrogen functional groups attached to an aromatic ring is 1. The molecular formula is C13H17N5O2. The van der Waals surface area contributed by atoms with Crippen LogP contribution in [0.1, 0.15) is 18.9 Å². The fourth-order valence-corrected chi connectivity index (χ4v) is 1.99. The molecule has 3 N–H and O–H groups in total. The number of rotatable bonds is 5. The van der Waals surface area contributed by atoms with Crippen LogP contribution in [0.2, 0.25) is 0 Å². The molecule has 2 rings (SSSR count). The molecule has 0 aliphatic carbocycles. The molecule has 0 atom stereocenters. The molecule has 2 heterocycles. The minimum atomic E-state index is -0.371. The minimum Gasteiger partial charge on any atom is -0.310 e. The van der Waals surface area contributed by atoms with Gasteiger partial charge in [0, 0.05) is 25.0 Å². The second-order valence-electron chi connectivity index (χ2n) is 4.39. The van der Waals surface area contributed by atoms with Crippen molar-refractivity contribution in [1.29, 1.82) is 0 Å². The first-order valence-corrected chi connectivity index (χ1v) is 6.37. The van der Waals surface area contributed by atoms with E-state index in [1.54, 1.807) is 12.4 Å². The Hall–Kier alpha value is -2.41. The van der Waals surface area contributed by atoms with Gasteiger partial charge in [0.2, 0.25) is 0 Å². The van der Waals surface area contributed by atoms with Gasteiger partial charge in [-0.05, 0) is 24.1 Å². The van der Waals surface area contributed by atoms with E-state index >= 15 is 0 Å². The number of hydrazine groups is 1. The maximum Gasteiger partial charge on any atom is 0.332 e. The summed E-state index contributed by atoms with van der Waals surface area (Å²) in [6, 6.07) is 4.95. The molecule has 7 heteroatoms. The zero-order valence-corrected chi connectivity index (χ0v) is 11.2. The van der Waals surface area contributed by atoms with Gasteiger partial charge in [0.1, 0.15) is 5.82 Å². The predicted molar refractivity (Wildman–Crippen MR) is 76.4 cm³/mol. The molecule has 106 valence electrons. The van der Waals surface area contributed by atoms with Gasteiger partial charge in [-0.2, -0.15) is 0 Å². The second kappa shape index (κ2) is 6.16. The lowest BCUT2D eigenvalue weighted by Gasteiger charge is -2.14. The van der Waals surface area contributed by atoms with Gasteiger partial charge in [0.05, 0.1) is 6.54 Å². The summed E-state index contributed by atoms with van der Waals surface area (Å²) < 4.78 is 2.65. The van der Waals surface area contributed by atoms with Gasteiger partial charge in [-0.1, -0.05) is 6.92 Å². The summed E-state index contributed by atoms with van der Waals surface area (Å²) in [4.78, 5) is 28.2. The van der Waals surface area contributed by atoms with Crippen molar-refractivity contribution < 1.29 is 0 Å². The standard InChI is InChI=1S/C13H17N5O2/c1-2-7-17-12(19)8-11(16-14)18(13(17)20)9-10-3-5-15-6-4-10/h3-6,8,16H,2,7,9,14H2,1H3. The molecule has 0 aliphatic rings. The molecule has 0 saturated carbocycles. The van der Waals surface area contributed by atoms with Crippen LogP contribution < -0.4 is 22.5 Å².